The fourth-order valence-corrected chi connectivity index (χ4v) is 2.76. The van der Waals surface area contributed by atoms with Crippen molar-refractivity contribution in [1.82, 2.24) is 4.90 Å². The molecule has 6 nitrogen and oxygen atoms in total. The van der Waals surface area contributed by atoms with Crippen molar-refractivity contribution in [3.63, 3.8) is 0 Å². The van der Waals surface area contributed by atoms with Gasteiger partial charge in [0.05, 0.1) is 12.2 Å². The number of aliphatic carboxylic acids is 1. The highest BCUT2D eigenvalue weighted by Gasteiger charge is 2.40. The van der Waals surface area contributed by atoms with Crippen LogP contribution in [0.1, 0.15) is 45.4 Å². The van der Waals surface area contributed by atoms with Gasteiger partial charge in [0.1, 0.15) is 6.10 Å². The number of likely N-dealkylation sites (tertiary alicyclic amines) is 1. The zero-order valence-corrected chi connectivity index (χ0v) is 12.1. The molecule has 0 spiro atoms. The maximum Gasteiger partial charge on any atom is 0.303 e. The molecule has 20 heavy (non-hydrogen) atoms. The van der Waals surface area contributed by atoms with E-state index in [0.29, 0.717) is 25.8 Å². The molecule has 118 valence electrons. The Hall–Kier alpha value is -0.690. The number of β-amino-alcohol motifs (C(OH)–C–C–N with tert-alkyl or cyclic N) is 1. The normalized spacial score (nSPS) is 31.4. The minimum atomic E-state index is -1.11. The summed E-state index contributed by atoms with van der Waals surface area (Å²) in [5, 5.41) is 38.3. The van der Waals surface area contributed by atoms with Gasteiger partial charge in [-0.15, -0.1) is 0 Å². The Balaban J connectivity index is 2.52. The maximum atomic E-state index is 10.5. The van der Waals surface area contributed by atoms with Crippen LogP contribution in [0.2, 0.25) is 0 Å². The molecule has 4 unspecified atom stereocenters. The van der Waals surface area contributed by atoms with E-state index in [-0.39, 0.29) is 12.5 Å². The van der Waals surface area contributed by atoms with E-state index in [4.69, 9.17) is 5.11 Å². The molecule has 1 aliphatic heterocycles. The second-order valence-electron chi connectivity index (χ2n) is 5.60. The van der Waals surface area contributed by atoms with Crippen LogP contribution in [0.25, 0.3) is 0 Å². The molecular weight excluding hydrogens is 262 g/mol. The number of aliphatic hydroxyl groups excluding tert-OH is 3. The van der Waals surface area contributed by atoms with Crippen LogP contribution >= 0.6 is 0 Å². The van der Waals surface area contributed by atoms with E-state index in [1.165, 1.54) is 0 Å². The van der Waals surface area contributed by atoms with Gasteiger partial charge in [0.15, 0.2) is 0 Å². The average Bonchev–Trinajstić information content (AvgIpc) is 2.40. The van der Waals surface area contributed by atoms with Crippen molar-refractivity contribution in [2.24, 2.45) is 0 Å². The molecule has 0 amide bonds. The number of carbonyl (C=O) groups is 1. The van der Waals surface area contributed by atoms with Gasteiger partial charge in [-0.25, -0.2) is 0 Å². The Kier molecular flexibility index (Phi) is 7.43. The molecule has 0 saturated carbocycles. The first-order valence-electron chi connectivity index (χ1n) is 7.47. The highest BCUT2D eigenvalue weighted by Crippen LogP contribution is 2.23. The smallest absolute Gasteiger partial charge is 0.303 e. The Labute approximate surface area is 120 Å². The lowest BCUT2D eigenvalue weighted by Crippen LogP contribution is -2.61. The standard InChI is InChI=1S/C14H27NO5/c1-2-3-8-15-9-11(16)14(20)13(19)10(15)6-4-5-7-12(17)18/h10-11,13-14,16,19-20H,2-9H2,1H3,(H,17,18). The molecule has 4 N–H and O–H groups in total. The van der Waals surface area contributed by atoms with Gasteiger partial charge < -0.3 is 20.4 Å². The fourth-order valence-electron chi connectivity index (χ4n) is 2.76. The second kappa shape index (κ2) is 8.56. The molecule has 6 heteroatoms. The van der Waals surface area contributed by atoms with Crippen LogP contribution < -0.4 is 0 Å². The topological polar surface area (TPSA) is 101 Å². The van der Waals surface area contributed by atoms with Gasteiger partial charge in [0.25, 0.3) is 0 Å². The summed E-state index contributed by atoms with van der Waals surface area (Å²) in [5.74, 6) is -0.813. The molecule has 0 radical (unpaired) electrons. The van der Waals surface area contributed by atoms with E-state index in [0.717, 1.165) is 19.4 Å². The minimum absolute atomic E-state index is 0.128. The highest BCUT2D eigenvalue weighted by atomic mass is 16.4. The molecule has 1 saturated heterocycles. The monoisotopic (exact) mass is 289 g/mol. The SMILES string of the molecule is CCCCN1CC(O)C(O)C(O)C1CCCCC(=O)O. The molecule has 1 heterocycles. The van der Waals surface area contributed by atoms with Gasteiger partial charge in [0, 0.05) is 19.0 Å². The molecule has 0 aromatic carbocycles. The zero-order chi connectivity index (χ0) is 15.1. The number of unbranched alkanes of at least 4 members (excludes halogenated alkanes) is 2. The van der Waals surface area contributed by atoms with E-state index in [1.54, 1.807) is 0 Å². The number of hydrogen-bond donors (Lipinski definition) is 4. The largest absolute Gasteiger partial charge is 0.481 e. The number of carboxylic acids is 1. The predicted octanol–water partition coefficient (Wildman–Crippen LogP) is 0.198. The van der Waals surface area contributed by atoms with Gasteiger partial charge in [-0.3, -0.25) is 9.69 Å². The molecule has 1 aliphatic rings. The molecule has 0 aromatic rings. The summed E-state index contributed by atoms with van der Waals surface area (Å²) in [6, 6.07) is -0.200. The third kappa shape index (κ3) is 5.01. The Morgan fingerprint density at radius 2 is 1.85 bits per heavy atom. The van der Waals surface area contributed by atoms with Crippen LogP contribution in [-0.4, -0.2) is 68.7 Å². The number of rotatable bonds is 8. The first-order chi connectivity index (χ1) is 9.47. The fraction of sp³-hybridized carbons (Fsp3) is 0.929. The molecule has 0 aromatic heterocycles. The van der Waals surface area contributed by atoms with E-state index >= 15 is 0 Å². The quantitative estimate of drug-likeness (QED) is 0.476. The predicted molar refractivity (Wildman–Crippen MR) is 74.4 cm³/mol. The number of aliphatic hydroxyl groups is 3. The Morgan fingerprint density at radius 1 is 1.15 bits per heavy atom. The molecule has 4 atom stereocenters. The van der Waals surface area contributed by atoms with Gasteiger partial charge >= 0.3 is 5.97 Å². The summed E-state index contributed by atoms with van der Waals surface area (Å²) in [6.07, 6.45) is 1.02. The van der Waals surface area contributed by atoms with Crippen molar-refractivity contribution in [3.8, 4) is 0 Å². The van der Waals surface area contributed by atoms with Gasteiger partial charge in [-0.1, -0.05) is 19.8 Å². The van der Waals surface area contributed by atoms with E-state index in [2.05, 4.69) is 6.92 Å². The van der Waals surface area contributed by atoms with E-state index in [1.807, 2.05) is 4.90 Å². The molecule has 0 aliphatic carbocycles. The van der Waals surface area contributed by atoms with Crippen LogP contribution in [0, 0.1) is 0 Å². The van der Waals surface area contributed by atoms with Gasteiger partial charge in [-0.05, 0) is 25.8 Å². The Bertz CT molecular complexity index is 299. The van der Waals surface area contributed by atoms with Crippen LogP contribution in [-0.2, 0) is 4.79 Å². The van der Waals surface area contributed by atoms with Crippen LogP contribution in [0.4, 0.5) is 0 Å². The van der Waals surface area contributed by atoms with Crippen molar-refractivity contribution in [2.75, 3.05) is 13.1 Å². The zero-order valence-electron chi connectivity index (χ0n) is 12.1. The summed E-state index contributed by atoms with van der Waals surface area (Å²) in [6.45, 7) is 3.22. The molecular formula is C14H27NO5. The van der Waals surface area contributed by atoms with Crippen molar-refractivity contribution in [1.29, 1.82) is 0 Å². The summed E-state index contributed by atoms with van der Waals surface area (Å²) < 4.78 is 0. The van der Waals surface area contributed by atoms with Gasteiger partial charge in [-0.2, -0.15) is 0 Å². The second-order valence-corrected chi connectivity index (χ2v) is 5.60. The summed E-state index contributed by atoms with van der Waals surface area (Å²) in [4.78, 5) is 12.5. The van der Waals surface area contributed by atoms with Crippen molar-refractivity contribution < 1.29 is 25.2 Å². The van der Waals surface area contributed by atoms with Crippen LogP contribution in [0.15, 0.2) is 0 Å². The summed E-state index contributed by atoms with van der Waals surface area (Å²) >= 11 is 0. The number of nitrogens with zero attached hydrogens (tertiary/aromatic N) is 1. The summed E-state index contributed by atoms with van der Waals surface area (Å²) in [7, 11) is 0. The average molecular weight is 289 g/mol. The van der Waals surface area contributed by atoms with E-state index < -0.39 is 24.3 Å². The van der Waals surface area contributed by atoms with Gasteiger partial charge in [0.2, 0.25) is 0 Å². The van der Waals surface area contributed by atoms with Crippen LogP contribution in [0.5, 0.6) is 0 Å². The van der Waals surface area contributed by atoms with Crippen LogP contribution in [0.3, 0.4) is 0 Å². The number of hydrogen-bond acceptors (Lipinski definition) is 5. The maximum absolute atomic E-state index is 10.5. The lowest BCUT2D eigenvalue weighted by Gasteiger charge is -2.44. The minimum Gasteiger partial charge on any atom is -0.481 e. The summed E-state index contributed by atoms with van der Waals surface area (Å²) in [5.41, 5.74) is 0. The number of carboxylic acid groups (broad SMARTS) is 1. The molecule has 0 bridgehead atoms. The Morgan fingerprint density at radius 3 is 2.45 bits per heavy atom. The first kappa shape index (κ1) is 17.4. The van der Waals surface area contributed by atoms with Crippen molar-refractivity contribution in [3.05, 3.63) is 0 Å². The first-order valence-corrected chi connectivity index (χ1v) is 7.47. The van der Waals surface area contributed by atoms with Crippen molar-refractivity contribution >= 4 is 5.97 Å². The third-order valence-corrected chi connectivity index (χ3v) is 3.97. The molecule has 1 rings (SSSR count). The highest BCUT2D eigenvalue weighted by molar-refractivity contribution is 5.66. The lowest BCUT2D eigenvalue weighted by molar-refractivity contribution is -0.139. The molecule has 1 fully saturated rings. The lowest BCUT2D eigenvalue weighted by atomic mass is 9.90. The number of piperidine rings is 1. The van der Waals surface area contributed by atoms with E-state index in [9.17, 15) is 20.1 Å². The van der Waals surface area contributed by atoms with Crippen molar-refractivity contribution in [2.45, 2.75) is 69.8 Å². The third-order valence-electron chi connectivity index (χ3n) is 3.97.